The van der Waals surface area contributed by atoms with Crippen molar-refractivity contribution in [3.63, 3.8) is 0 Å². The minimum absolute atomic E-state index is 0.378. The van der Waals surface area contributed by atoms with E-state index in [0.717, 1.165) is 12.3 Å². The number of hydrogen-bond donors (Lipinski definition) is 0. The Morgan fingerprint density at radius 3 is 2.50 bits per heavy atom. The molecule has 2 aliphatic carbocycles. The van der Waals surface area contributed by atoms with Gasteiger partial charge in [0, 0.05) is 18.0 Å². The van der Waals surface area contributed by atoms with Gasteiger partial charge < -0.3 is 4.90 Å². The van der Waals surface area contributed by atoms with Crippen LogP contribution in [0.2, 0.25) is 0 Å². The van der Waals surface area contributed by atoms with E-state index in [1.165, 1.54) is 32.1 Å². The zero-order valence-electron chi connectivity index (χ0n) is 10.5. The molecule has 2 nitrogen and oxygen atoms in total. The molecule has 0 unspecified atom stereocenters. The number of rotatable bonds is 1. The lowest BCUT2D eigenvalue weighted by atomic mass is 9.85. The van der Waals surface area contributed by atoms with Crippen LogP contribution in [0.25, 0.3) is 0 Å². The van der Waals surface area contributed by atoms with Crippen molar-refractivity contribution in [3.05, 3.63) is 0 Å². The average molecular weight is 221 g/mol. The summed E-state index contributed by atoms with van der Waals surface area (Å²) in [7, 11) is 0. The molecule has 1 amide bonds. The highest BCUT2D eigenvalue weighted by atomic mass is 16.2. The zero-order valence-corrected chi connectivity index (χ0v) is 10.5. The highest BCUT2D eigenvalue weighted by Gasteiger charge is 2.49. The van der Waals surface area contributed by atoms with E-state index in [9.17, 15) is 4.79 Å². The van der Waals surface area contributed by atoms with Gasteiger partial charge in [0.25, 0.3) is 0 Å². The van der Waals surface area contributed by atoms with Gasteiger partial charge in [0.1, 0.15) is 0 Å². The third kappa shape index (κ3) is 1.57. The molecular weight excluding hydrogens is 198 g/mol. The second-order valence-corrected chi connectivity index (χ2v) is 6.26. The van der Waals surface area contributed by atoms with Crippen molar-refractivity contribution in [1.29, 1.82) is 0 Å². The summed E-state index contributed by atoms with van der Waals surface area (Å²) in [6.45, 7) is 4.46. The molecule has 90 valence electrons. The Morgan fingerprint density at radius 1 is 1.12 bits per heavy atom. The van der Waals surface area contributed by atoms with Crippen molar-refractivity contribution in [1.82, 2.24) is 4.90 Å². The molecule has 2 heteroatoms. The molecule has 3 aliphatic rings. The number of amides is 1. The highest BCUT2D eigenvalue weighted by molar-refractivity contribution is 5.82. The monoisotopic (exact) mass is 221 g/mol. The number of carbonyl (C=O) groups is 1. The first-order valence-corrected chi connectivity index (χ1v) is 7.00. The second-order valence-electron chi connectivity index (χ2n) is 6.26. The number of nitrogens with zero attached hydrogens (tertiary/aromatic N) is 1. The van der Waals surface area contributed by atoms with Crippen molar-refractivity contribution < 1.29 is 4.79 Å². The number of fused-ring (bicyclic) bond motifs is 1. The van der Waals surface area contributed by atoms with E-state index in [2.05, 4.69) is 18.7 Å². The Hall–Kier alpha value is -0.530. The van der Waals surface area contributed by atoms with Crippen LogP contribution in [-0.2, 0) is 4.79 Å². The van der Waals surface area contributed by atoms with Gasteiger partial charge in [-0.2, -0.15) is 0 Å². The van der Waals surface area contributed by atoms with Gasteiger partial charge in [-0.25, -0.2) is 0 Å². The Bertz CT molecular complexity index is 301. The minimum atomic E-state index is 0.378. The van der Waals surface area contributed by atoms with Crippen LogP contribution in [0.3, 0.4) is 0 Å². The highest BCUT2D eigenvalue weighted by Crippen LogP contribution is 2.45. The van der Waals surface area contributed by atoms with Crippen LogP contribution < -0.4 is 0 Å². The third-order valence-electron chi connectivity index (χ3n) is 5.03. The standard InChI is InChI=1S/C14H23NO/c1-9-7-12(9)14(16)15-10(2)8-11-5-3-4-6-13(11)15/h9-13H,3-8H2,1-2H3/t9-,10-,11-,12+,13-/m1/s1. The molecular formula is C14H23NO. The maximum atomic E-state index is 12.4. The average Bonchev–Trinajstić information content (AvgIpc) is 2.89. The molecule has 0 N–H and O–H groups in total. The molecule has 1 heterocycles. The third-order valence-corrected chi connectivity index (χ3v) is 5.03. The molecule has 3 fully saturated rings. The van der Waals surface area contributed by atoms with Crippen LogP contribution in [0, 0.1) is 17.8 Å². The van der Waals surface area contributed by atoms with Gasteiger partial charge in [-0.3, -0.25) is 4.79 Å². The predicted molar refractivity (Wildman–Crippen MR) is 63.9 cm³/mol. The van der Waals surface area contributed by atoms with Crippen molar-refractivity contribution in [2.45, 2.75) is 64.5 Å². The quantitative estimate of drug-likeness (QED) is 0.666. The van der Waals surface area contributed by atoms with Crippen molar-refractivity contribution >= 4 is 5.91 Å². The topological polar surface area (TPSA) is 20.3 Å². The molecule has 0 radical (unpaired) electrons. The summed E-state index contributed by atoms with van der Waals surface area (Å²) in [6.07, 6.45) is 7.74. The molecule has 0 aromatic heterocycles. The maximum absolute atomic E-state index is 12.4. The molecule has 0 aromatic carbocycles. The molecule has 16 heavy (non-hydrogen) atoms. The molecule has 1 aliphatic heterocycles. The van der Waals surface area contributed by atoms with Crippen LogP contribution in [0.15, 0.2) is 0 Å². The molecule has 0 bridgehead atoms. The number of hydrogen-bond acceptors (Lipinski definition) is 1. The fraction of sp³-hybridized carbons (Fsp3) is 0.929. The maximum Gasteiger partial charge on any atom is 0.226 e. The normalized spacial score (nSPS) is 46.6. The van der Waals surface area contributed by atoms with E-state index in [1.54, 1.807) is 0 Å². The molecule has 5 atom stereocenters. The van der Waals surface area contributed by atoms with Gasteiger partial charge in [0.2, 0.25) is 5.91 Å². The Balaban J connectivity index is 1.75. The Labute approximate surface area is 98.4 Å². The summed E-state index contributed by atoms with van der Waals surface area (Å²) in [4.78, 5) is 14.7. The first kappa shape index (κ1) is 10.6. The summed E-state index contributed by atoms with van der Waals surface area (Å²) in [5, 5.41) is 0. The second kappa shape index (κ2) is 3.75. The van der Waals surface area contributed by atoms with Crippen LogP contribution in [0.5, 0.6) is 0 Å². The lowest BCUT2D eigenvalue weighted by molar-refractivity contribution is -0.136. The van der Waals surface area contributed by atoms with Gasteiger partial charge in [0.05, 0.1) is 0 Å². The summed E-state index contributed by atoms with van der Waals surface area (Å²) < 4.78 is 0. The first-order valence-electron chi connectivity index (χ1n) is 7.00. The molecule has 3 rings (SSSR count). The van der Waals surface area contributed by atoms with E-state index in [0.29, 0.717) is 29.8 Å². The van der Waals surface area contributed by atoms with Crippen LogP contribution in [-0.4, -0.2) is 22.9 Å². The minimum Gasteiger partial charge on any atom is -0.336 e. The van der Waals surface area contributed by atoms with Gasteiger partial charge in [-0.05, 0) is 44.4 Å². The van der Waals surface area contributed by atoms with Gasteiger partial charge in [0.15, 0.2) is 0 Å². The van der Waals surface area contributed by atoms with E-state index in [1.807, 2.05) is 0 Å². The summed E-state index contributed by atoms with van der Waals surface area (Å²) in [6, 6.07) is 1.11. The molecule has 1 saturated heterocycles. The van der Waals surface area contributed by atoms with Crippen molar-refractivity contribution in [2.75, 3.05) is 0 Å². The Kier molecular flexibility index (Phi) is 2.49. The van der Waals surface area contributed by atoms with Crippen LogP contribution in [0.1, 0.15) is 52.4 Å². The molecule has 2 saturated carbocycles. The smallest absolute Gasteiger partial charge is 0.226 e. The van der Waals surface area contributed by atoms with E-state index in [-0.39, 0.29) is 0 Å². The predicted octanol–water partition coefficient (Wildman–Crippen LogP) is 2.82. The zero-order chi connectivity index (χ0) is 11.3. The summed E-state index contributed by atoms with van der Waals surface area (Å²) >= 11 is 0. The SMILES string of the molecule is C[C@@H]1C[C@@H]1C(=O)N1[C@H](C)C[C@H]2CCCC[C@H]21. The fourth-order valence-corrected chi connectivity index (χ4v) is 3.95. The van der Waals surface area contributed by atoms with E-state index >= 15 is 0 Å². The lowest BCUT2D eigenvalue weighted by Crippen LogP contribution is -2.43. The fourth-order valence-electron chi connectivity index (χ4n) is 3.95. The number of carbonyl (C=O) groups excluding carboxylic acids is 1. The summed E-state index contributed by atoms with van der Waals surface area (Å²) in [5.74, 6) is 2.33. The van der Waals surface area contributed by atoms with Crippen molar-refractivity contribution in [2.24, 2.45) is 17.8 Å². The molecule has 0 aromatic rings. The van der Waals surface area contributed by atoms with Crippen LogP contribution >= 0.6 is 0 Å². The molecule has 0 spiro atoms. The van der Waals surface area contributed by atoms with Crippen LogP contribution in [0.4, 0.5) is 0 Å². The van der Waals surface area contributed by atoms with Gasteiger partial charge in [-0.1, -0.05) is 19.8 Å². The summed E-state index contributed by atoms with van der Waals surface area (Å²) in [5.41, 5.74) is 0. The van der Waals surface area contributed by atoms with E-state index in [4.69, 9.17) is 0 Å². The van der Waals surface area contributed by atoms with Crippen molar-refractivity contribution in [3.8, 4) is 0 Å². The largest absolute Gasteiger partial charge is 0.336 e. The van der Waals surface area contributed by atoms with Gasteiger partial charge >= 0.3 is 0 Å². The Morgan fingerprint density at radius 2 is 1.81 bits per heavy atom. The van der Waals surface area contributed by atoms with Gasteiger partial charge in [-0.15, -0.1) is 0 Å². The first-order chi connectivity index (χ1) is 7.68. The number of likely N-dealkylation sites (tertiary alicyclic amines) is 1. The van der Waals surface area contributed by atoms with E-state index < -0.39 is 0 Å². The lowest BCUT2D eigenvalue weighted by Gasteiger charge is -2.33.